The first kappa shape index (κ1) is 11.1. The average Bonchev–Trinajstić information content (AvgIpc) is 2.29. The van der Waals surface area contributed by atoms with Gasteiger partial charge in [0.15, 0.2) is 0 Å². The number of rotatable bonds is 3. The molecule has 0 unspecified atom stereocenters. The summed E-state index contributed by atoms with van der Waals surface area (Å²) >= 11 is 3.53. The maximum atomic E-state index is 5.88. The van der Waals surface area contributed by atoms with E-state index >= 15 is 0 Å². The molecule has 0 saturated carbocycles. The lowest BCUT2D eigenvalue weighted by Gasteiger charge is -2.23. The number of hydrogen-bond donors (Lipinski definition) is 1. The summed E-state index contributed by atoms with van der Waals surface area (Å²) in [5, 5.41) is 3.34. The second-order valence-electron chi connectivity index (χ2n) is 3.85. The molecule has 0 spiro atoms. The van der Waals surface area contributed by atoms with Crippen molar-refractivity contribution in [3.05, 3.63) is 34.3 Å². The largest absolute Gasteiger partial charge is 0.373 e. The quantitative estimate of drug-likeness (QED) is 0.911. The Bertz CT molecular complexity index is 310. The van der Waals surface area contributed by atoms with Crippen LogP contribution in [0.15, 0.2) is 28.7 Å². The monoisotopic (exact) mass is 269 g/mol. The van der Waals surface area contributed by atoms with Gasteiger partial charge in [0.25, 0.3) is 0 Å². The molecule has 3 heteroatoms. The highest BCUT2D eigenvalue weighted by molar-refractivity contribution is 9.10. The summed E-state index contributed by atoms with van der Waals surface area (Å²) in [5.41, 5.74) is 1.23. The maximum Gasteiger partial charge on any atom is 0.0731 e. The SMILES string of the molecule is Brc1ccccc1COC1CCNCC1. The molecular weight excluding hydrogens is 254 g/mol. The van der Waals surface area contributed by atoms with Gasteiger partial charge in [-0.1, -0.05) is 34.1 Å². The van der Waals surface area contributed by atoms with Crippen molar-refractivity contribution >= 4 is 15.9 Å². The Morgan fingerprint density at radius 2 is 2.00 bits per heavy atom. The summed E-state index contributed by atoms with van der Waals surface area (Å²) in [6.45, 7) is 2.88. The van der Waals surface area contributed by atoms with Crippen LogP contribution in [0.3, 0.4) is 0 Å². The Hall–Kier alpha value is -0.380. The molecule has 1 heterocycles. The van der Waals surface area contributed by atoms with E-state index in [0.29, 0.717) is 12.7 Å². The van der Waals surface area contributed by atoms with E-state index < -0.39 is 0 Å². The van der Waals surface area contributed by atoms with Gasteiger partial charge in [-0.05, 0) is 37.6 Å². The molecule has 1 aromatic carbocycles. The number of nitrogens with one attached hydrogen (secondary N) is 1. The van der Waals surface area contributed by atoms with Crippen LogP contribution in [0.4, 0.5) is 0 Å². The molecule has 0 atom stereocenters. The van der Waals surface area contributed by atoms with Crippen LogP contribution in [-0.2, 0) is 11.3 Å². The van der Waals surface area contributed by atoms with Crippen LogP contribution in [0.5, 0.6) is 0 Å². The molecule has 1 saturated heterocycles. The number of hydrogen-bond acceptors (Lipinski definition) is 2. The van der Waals surface area contributed by atoms with Gasteiger partial charge in [0.2, 0.25) is 0 Å². The second-order valence-corrected chi connectivity index (χ2v) is 4.71. The molecular formula is C12H16BrNO. The Kier molecular flexibility index (Phi) is 4.18. The average molecular weight is 270 g/mol. The van der Waals surface area contributed by atoms with Crippen molar-refractivity contribution in [1.29, 1.82) is 0 Å². The summed E-state index contributed by atoms with van der Waals surface area (Å²) < 4.78 is 7.02. The molecule has 1 aliphatic rings. The molecule has 15 heavy (non-hydrogen) atoms. The molecule has 0 amide bonds. The first-order valence-electron chi connectivity index (χ1n) is 5.42. The summed E-state index contributed by atoms with van der Waals surface area (Å²) in [4.78, 5) is 0. The van der Waals surface area contributed by atoms with Gasteiger partial charge >= 0.3 is 0 Å². The van der Waals surface area contributed by atoms with Gasteiger partial charge in [-0.3, -0.25) is 0 Å². The summed E-state index contributed by atoms with van der Waals surface area (Å²) in [6.07, 6.45) is 2.69. The van der Waals surface area contributed by atoms with Crippen molar-refractivity contribution in [3.63, 3.8) is 0 Å². The van der Waals surface area contributed by atoms with Crippen LogP contribution in [0.25, 0.3) is 0 Å². The molecule has 82 valence electrons. The van der Waals surface area contributed by atoms with E-state index in [1.807, 2.05) is 12.1 Å². The molecule has 0 radical (unpaired) electrons. The van der Waals surface area contributed by atoms with Crippen LogP contribution in [0.1, 0.15) is 18.4 Å². The maximum absolute atomic E-state index is 5.88. The van der Waals surface area contributed by atoms with E-state index in [-0.39, 0.29) is 0 Å². The smallest absolute Gasteiger partial charge is 0.0731 e. The molecule has 0 bridgehead atoms. The van der Waals surface area contributed by atoms with E-state index in [1.165, 1.54) is 5.56 Å². The highest BCUT2D eigenvalue weighted by Crippen LogP contribution is 2.18. The normalized spacial score (nSPS) is 17.9. The number of piperidine rings is 1. The highest BCUT2D eigenvalue weighted by Gasteiger charge is 2.13. The zero-order valence-corrected chi connectivity index (χ0v) is 10.3. The van der Waals surface area contributed by atoms with E-state index in [4.69, 9.17) is 4.74 Å². The van der Waals surface area contributed by atoms with Crippen molar-refractivity contribution in [2.75, 3.05) is 13.1 Å². The summed E-state index contributed by atoms with van der Waals surface area (Å²) in [6, 6.07) is 8.23. The third kappa shape index (κ3) is 3.30. The molecule has 0 aliphatic carbocycles. The van der Waals surface area contributed by atoms with Crippen molar-refractivity contribution in [1.82, 2.24) is 5.32 Å². The van der Waals surface area contributed by atoms with Crippen LogP contribution < -0.4 is 5.32 Å². The third-order valence-corrected chi connectivity index (χ3v) is 3.49. The lowest BCUT2D eigenvalue weighted by Crippen LogP contribution is -2.32. The molecule has 1 aliphatic heterocycles. The minimum atomic E-state index is 0.429. The molecule has 1 N–H and O–H groups in total. The summed E-state index contributed by atoms with van der Waals surface area (Å²) in [5.74, 6) is 0. The van der Waals surface area contributed by atoms with Gasteiger partial charge in [-0.2, -0.15) is 0 Å². The summed E-state index contributed by atoms with van der Waals surface area (Å²) in [7, 11) is 0. The van der Waals surface area contributed by atoms with Gasteiger partial charge in [0.05, 0.1) is 12.7 Å². The molecule has 0 aromatic heterocycles. The van der Waals surface area contributed by atoms with E-state index in [2.05, 4.69) is 33.4 Å². The zero-order chi connectivity index (χ0) is 10.5. The Labute approximate surface area is 99.1 Å². The Morgan fingerprint density at radius 3 is 2.73 bits per heavy atom. The van der Waals surface area contributed by atoms with Gasteiger partial charge in [0.1, 0.15) is 0 Å². The van der Waals surface area contributed by atoms with Crippen LogP contribution in [0.2, 0.25) is 0 Å². The predicted octanol–water partition coefficient (Wildman–Crippen LogP) is 2.72. The van der Waals surface area contributed by atoms with Crippen molar-refractivity contribution in [2.45, 2.75) is 25.6 Å². The first-order valence-corrected chi connectivity index (χ1v) is 6.21. The van der Waals surface area contributed by atoms with Gasteiger partial charge in [-0.25, -0.2) is 0 Å². The van der Waals surface area contributed by atoms with Gasteiger partial charge < -0.3 is 10.1 Å². The number of halogens is 1. The van der Waals surface area contributed by atoms with Gasteiger partial charge in [-0.15, -0.1) is 0 Å². The van der Waals surface area contributed by atoms with Crippen molar-refractivity contribution in [2.24, 2.45) is 0 Å². The van der Waals surface area contributed by atoms with Crippen LogP contribution in [0, 0.1) is 0 Å². The lowest BCUT2D eigenvalue weighted by atomic mass is 10.1. The van der Waals surface area contributed by atoms with E-state index in [0.717, 1.165) is 30.4 Å². The molecule has 2 rings (SSSR count). The number of ether oxygens (including phenoxy) is 1. The van der Waals surface area contributed by atoms with Crippen LogP contribution in [-0.4, -0.2) is 19.2 Å². The minimum absolute atomic E-state index is 0.429. The fourth-order valence-corrected chi connectivity index (χ4v) is 2.18. The van der Waals surface area contributed by atoms with Crippen molar-refractivity contribution in [3.8, 4) is 0 Å². The molecule has 1 aromatic rings. The topological polar surface area (TPSA) is 21.3 Å². The molecule has 2 nitrogen and oxygen atoms in total. The highest BCUT2D eigenvalue weighted by atomic mass is 79.9. The Morgan fingerprint density at radius 1 is 1.27 bits per heavy atom. The van der Waals surface area contributed by atoms with Crippen molar-refractivity contribution < 1.29 is 4.74 Å². The third-order valence-electron chi connectivity index (χ3n) is 2.72. The minimum Gasteiger partial charge on any atom is -0.373 e. The van der Waals surface area contributed by atoms with Crippen LogP contribution >= 0.6 is 15.9 Å². The standard InChI is InChI=1S/C12H16BrNO/c13-12-4-2-1-3-10(12)9-15-11-5-7-14-8-6-11/h1-4,11,14H,5-9H2. The Balaban J connectivity index is 1.84. The molecule has 1 fully saturated rings. The second kappa shape index (κ2) is 5.64. The van der Waals surface area contributed by atoms with Gasteiger partial charge in [0, 0.05) is 4.47 Å². The van der Waals surface area contributed by atoms with E-state index in [1.54, 1.807) is 0 Å². The van der Waals surface area contributed by atoms with E-state index in [9.17, 15) is 0 Å². The zero-order valence-electron chi connectivity index (χ0n) is 8.71. The fourth-order valence-electron chi connectivity index (χ4n) is 1.79. The number of benzene rings is 1. The predicted molar refractivity (Wildman–Crippen MR) is 64.8 cm³/mol. The lowest BCUT2D eigenvalue weighted by molar-refractivity contribution is 0.0210. The first-order chi connectivity index (χ1) is 7.36. The fraction of sp³-hybridized carbons (Fsp3) is 0.500.